The summed E-state index contributed by atoms with van der Waals surface area (Å²) in [6, 6.07) is 7.34. The van der Waals surface area contributed by atoms with Crippen LogP contribution in [0.5, 0.6) is 0 Å². The molecule has 0 saturated carbocycles. The molecule has 0 saturated heterocycles. The van der Waals surface area contributed by atoms with Crippen molar-refractivity contribution in [1.29, 1.82) is 0 Å². The molecule has 0 radical (unpaired) electrons. The SMILES string of the molecule is OCc1n[nH]c(Nc2nnc(-c3ccncc3F)c(-c3ccccc3F)n2)n1. The minimum absolute atomic E-state index is 0.0166. The Hall–Kier alpha value is -3.86. The van der Waals surface area contributed by atoms with Crippen molar-refractivity contribution in [2.75, 3.05) is 5.32 Å². The van der Waals surface area contributed by atoms with Crippen molar-refractivity contribution in [1.82, 2.24) is 35.3 Å². The second-order valence-corrected chi connectivity index (χ2v) is 5.55. The fourth-order valence-corrected chi connectivity index (χ4v) is 2.50. The molecular formula is C17H12F2N8O. The van der Waals surface area contributed by atoms with Crippen LogP contribution in [-0.4, -0.2) is 40.5 Å². The first-order chi connectivity index (χ1) is 13.7. The molecule has 28 heavy (non-hydrogen) atoms. The number of rotatable bonds is 5. The second kappa shape index (κ2) is 7.40. The Balaban J connectivity index is 1.83. The van der Waals surface area contributed by atoms with Gasteiger partial charge in [0.2, 0.25) is 11.9 Å². The zero-order valence-electron chi connectivity index (χ0n) is 14.1. The highest BCUT2D eigenvalue weighted by atomic mass is 19.1. The van der Waals surface area contributed by atoms with Crippen molar-refractivity contribution in [3.63, 3.8) is 0 Å². The molecule has 3 heterocycles. The number of aromatic nitrogens is 7. The van der Waals surface area contributed by atoms with Gasteiger partial charge in [0, 0.05) is 17.3 Å². The summed E-state index contributed by atoms with van der Waals surface area (Å²) in [6.07, 6.45) is 2.42. The maximum atomic E-state index is 14.4. The molecule has 4 rings (SSSR count). The Kier molecular flexibility index (Phi) is 4.64. The monoisotopic (exact) mass is 382 g/mol. The van der Waals surface area contributed by atoms with E-state index in [1.54, 1.807) is 6.07 Å². The van der Waals surface area contributed by atoms with Crippen LogP contribution in [0, 0.1) is 11.6 Å². The van der Waals surface area contributed by atoms with Gasteiger partial charge in [-0.3, -0.25) is 10.3 Å². The Morgan fingerprint density at radius 2 is 1.79 bits per heavy atom. The number of benzene rings is 1. The van der Waals surface area contributed by atoms with Crippen LogP contribution < -0.4 is 5.32 Å². The third-order valence-electron chi connectivity index (χ3n) is 3.75. The normalized spacial score (nSPS) is 10.8. The van der Waals surface area contributed by atoms with E-state index in [0.29, 0.717) is 0 Å². The van der Waals surface area contributed by atoms with Crippen molar-refractivity contribution in [2.24, 2.45) is 0 Å². The van der Waals surface area contributed by atoms with Crippen molar-refractivity contribution >= 4 is 11.9 Å². The van der Waals surface area contributed by atoms with E-state index in [1.165, 1.54) is 30.5 Å². The summed E-state index contributed by atoms with van der Waals surface area (Å²) in [5.41, 5.74) is 0.356. The van der Waals surface area contributed by atoms with E-state index in [0.717, 1.165) is 6.20 Å². The van der Waals surface area contributed by atoms with E-state index in [4.69, 9.17) is 5.11 Å². The van der Waals surface area contributed by atoms with Crippen LogP contribution in [0.2, 0.25) is 0 Å². The molecule has 0 aliphatic rings. The van der Waals surface area contributed by atoms with Gasteiger partial charge in [-0.1, -0.05) is 12.1 Å². The first-order valence-electron chi connectivity index (χ1n) is 8.04. The van der Waals surface area contributed by atoms with E-state index in [-0.39, 0.29) is 46.8 Å². The second-order valence-electron chi connectivity index (χ2n) is 5.55. The minimum Gasteiger partial charge on any atom is -0.388 e. The average Bonchev–Trinajstić information content (AvgIpc) is 3.17. The highest BCUT2D eigenvalue weighted by Crippen LogP contribution is 2.31. The van der Waals surface area contributed by atoms with Crippen LogP contribution in [0.15, 0.2) is 42.7 Å². The van der Waals surface area contributed by atoms with Gasteiger partial charge < -0.3 is 5.11 Å². The predicted octanol–water partition coefficient (Wildman–Crippen LogP) is 2.23. The smallest absolute Gasteiger partial charge is 0.250 e. The van der Waals surface area contributed by atoms with E-state index in [9.17, 15) is 8.78 Å². The quantitative estimate of drug-likeness (QED) is 0.480. The van der Waals surface area contributed by atoms with Gasteiger partial charge in [-0.05, 0) is 18.2 Å². The van der Waals surface area contributed by atoms with Crippen molar-refractivity contribution in [3.8, 4) is 22.5 Å². The molecule has 0 aliphatic carbocycles. The summed E-state index contributed by atoms with van der Waals surface area (Å²) in [7, 11) is 0. The molecule has 0 unspecified atom stereocenters. The highest BCUT2D eigenvalue weighted by Gasteiger charge is 2.19. The lowest BCUT2D eigenvalue weighted by Crippen LogP contribution is -2.05. The zero-order chi connectivity index (χ0) is 19.5. The van der Waals surface area contributed by atoms with E-state index >= 15 is 0 Å². The summed E-state index contributed by atoms with van der Waals surface area (Å²) in [6.45, 7) is -0.349. The Labute approximate surface area is 156 Å². The lowest BCUT2D eigenvalue weighted by Gasteiger charge is -2.10. The highest BCUT2D eigenvalue weighted by molar-refractivity contribution is 5.78. The molecule has 0 atom stereocenters. The van der Waals surface area contributed by atoms with Crippen LogP contribution in [0.25, 0.3) is 22.5 Å². The molecule has 9 nitrogen and oxygen atoms in total. The Bertz CT molecular complexity index is 1130. The van der Waals surface area contributed by atoms with Crippen molar-refractivity contribution < 1.29 is 13.9 Å². The van der Waals surface area contributed by atoms with Gasteiger partial charge in [-0.25, -0.2) is 18.9 Å². The third kappa shape index (κ3) is 3.38. The van der Waals surface area contributed by atoms with Gasteiger partial charge in [0.25, 0.3) is 0 Å². The maximum Gasteiger partial charge on any atom is 0.250 e. The van der Waals surface area contributed by atoms with Crippen molar-refractivity contribution in [3.05, 3.63) is 60.2 Å². The first kappa shape index (κ1) is 17.5. The van der Waals surface area contributed by atoms with Gasteiger partial charge in [-0.2, -0.15) is 10.1 Å². The molecule has 0 spiro atoms. The van der Waals surface area contributed by atoms with E-state index < -0.39 is 11.6 Å². The summed E-state index contributed by atoms with van der Waals surface area (Å²) in [5, 5.41) is 26.0. The summed E-state index contributed by atoms with van der Waals surface area (Å²) in [5.74, 6) is -0.878. The van der Waals surface area contributed by atoms with Gasteiger partial charge in [0.1, 0.15) is 23.8 Å². The van der Waals surface area contributed by atoms with Gasteiger partial charge in [0.15, 0.2) is 11.6 Å². The lowest BCUT2D eigenvalue weighted by molar-refractivity contribution is 0.272. The first-order valence-corrected chi connectivity index (χ1v) is 8.04. The molecule has 3 N–H and O–H groups in total. The Morgan fingerprint density at radius 3 is 2.54 bits per heavy atom. The van der Waals surface area contributed by atoms with Gasteiger partial charge in [0.05, 0.1) is 6.20 Å². The largest absolute Gasteiger partial charge is 0.388 e. The number of anilines is 2. The standard InChI is InChI=1S/C17H12F2N8O/c18-11-4-2-1-3-9(11)14-15(10-5-6-20-7-12(10)19)25-27-17(22-14)23-16-21-13(8-28)24-26-16/h1-7,28H,8H2,(H2,21,22,23,24,26,27). The number of aromatic amines is 1. The summed E-state index contributed by atoms with van der Waals surface area (Å²) < 4.78 is 28.7. The molecule has 0 bridgehead atoms. The Morgan fingerprint density at radius 1 is 0.964 bits per heavy atom. The number of halogens is 2. The number of pyridine rings is 1. The van der Waals surface area contributed by atoms with Crippen LogP contribution in [0.3, 0.4) is 0 Å². The number of aliphatic hydroxyl groups excluding tert-OH is 1. The molecule has 4 aromatic rings. The number of hydrogen-bond acceptors (Lipinski definition) is 8. The lowest BCUT2D eigenvalue weighted by atomic mass is 10.0. The number of nitrogens with one attached hydrogen (secondary N) is 2. The molecule has 0 aliphatic heterocycles. The van der Waals surface area contributed by atoms with Gasteiger partial charge in [-0.15, -0.1) is 10.2 Å². The number of hydrogen-bond donors (Lipinski definition) is 3. The zero-order valence-corrected chi connectivity index (χ0v) is 14.1. The fraction of sp³-hybridized carbons (Fsp3) is 0.0588. The summed E-state index contributed by atoms with van der Waals surface area (Å²) in [4.78, 5) is 12.0. The predicted molar refractivity (Wildman–Crippen MR) is 94.0 cm³/mol. The van der Waals surface area contributed by atoms with Gasteiger partial charge >= 0.3 is 0 Å². The molecular weight excluding hydrogens is 370 g/mol. The van der Waals surface area contributed by atoms with Crippen LogP contribution >= 0.6 is 0 Å². The van der Waals surface area contributed by atoms with Crippen LogP contribution in [0.4, 0.5) is 20.7 Å². The molecule has 140 valence electrons. The summed E-state index contributed by atoms with van der Waals surface area (Å²) >= 11 is 0. The number of aliphatic hydroxyl groups is 1. The van der Waals surface area contributed by atoms with E-state index in [1.807, 2.05) is 0 Å². The molecule has 3 aromatic heterocycles. The minimum atomic E-state index is -0.639. The molecule has 1 aromatic carbocycles. The van der Waals surface area contributed by atoms with Crippen molar-refractivity contribution in [2.45, 2.75) is 6.61 Å². The molecule has 0 fully saturated rings. The van der Waals surface area contributed by atoms with Crippen LogP contribution in [0.1, 0.15) is 5.82 Å². The molecule has 0 amide bonds. The number of H-pyrrole nitrogens is 1. The topological polar surface area (TPSA) is 125 Å². The average molecular weight is 382 g/mol. The third-order valence-corrected chi connectivity index (χ3v) is 3.75. The van der Waals surface area contributed by atoms with E-state index in [2.05, 4.69) is 40.7 Å². The molecule has 11 heteroatoms. The number of nitrogens with zero attached hydrogens (tertiary/aromatic N) is 6. The fourth-order valence-electron chi connectivity index (χ4n) is 2.50. The maximum absolute atomic E-state index is 14.4. The van der Waals surface area contributed by atoms with Crippen LogP contribution in [-0.2, 0) is 6.61 Å².